The van der Waals surface area contributed by atoms with Crippen LogP contribution in [-0.4, -0.2) is 6.61 Å². The molecule has 1 aromatic rings. The monoisotopic (exact) mass is 215 g/mol. The third kappa shape index (κ3) is 4.18. The van der Waals surface area contributed by atoms with Crippen LogP contribution >= 0.6 is 0 Å². The van der Waals surface area contributed by atoms with Crippen LogP contribution in [0, 0.1) is 11.3 Å². The van der Waals surface area contributed by atoms with Gasteiger partial charge >= 0.3 is 0 Å². The molecule has 0 N–H and O–H groups in total. The summed E-state index contributed by atoms with van der Waals surface area (Å²) in [5.74, 6) is 0.852. The normalized spacial score (nSPS) is 10.2. The second kappa shape index (κ2) is 7.53. The number of allylic oxidation sites excluding steroid dienone is 1. The number of hydrogen-bond donors (Lipinski definition) is 0. The lowest BCUT2D eigenvalue weighted by Crippen LogP contribution is -1.98. The average molecular weight is 215 g/mol. The van der Waals surface area contributed by atoms with Crippen molar-refractivity contribution in [1.82, 2.24) is 0 Å². The zero-order valence-corrected chi connectivity index (χ0v) is 9.65. The van der Waals surface area contributed by atoms with Gasteiger partial charge in [-0.05, 0) is 18.6 Å². The summed E-state index contributed by atoms with van der Waals surface area (Å²) in [7, 11) is 0. The predicted octanol–water partition coefficient (Wildman–Crippen LogP) is 3.79. The van der Waals surface area contributed by atoms with E-state index < -0.39 is 0 Å². The molecule has 0 unspecified atom stereocenters. The van der Waals surface area contributed by atoms with Crippen molar-refractivity contribution in [2.24, 2.45) is 0 Å². The van der Waals surface area contributed by atoms with E-state index in [1.165, 1.54) is 18.9 Å². The summed E-state index contributed by atoms with van der Waals surface area (Å²) in [6.07, 6.45) is 6.70. The van der Waals surface area contributed by atoms with Gasteiger partial charge in [0.05, 0.1) is 12.7 Å². The van der Waals surface area contributed by atoms with Crippen LogP contribution in [0.3, 0.4) is 0 Å². The third-order valence-electron chi connectivity index (χ3n) is 2.26. The molecule has 0 atom stereocenters. The summed E-state index contributed by atoms with van der Waals surface area (Å²) in [4.78, 5) is 0. The fourth-order valence-corrected chi connectivity index (χ4v) is 1.41. The van der Waals surface area contributed by atoms with Gasteiger partial charge in [-0.3, -0.25) is 0 Å². The van der Waals surface area contributed by atoms with Crippen molar-refractivity contribution in [3.05, 3.63) is 35.9 Å². The van der Waals surface area contributed by atoms with Crippen molar-refractivity contribution >= 4 is 6.08 Å². The molecule has 0 spiro atoms. The van der Waals surface area contributed by atoms with Gasteiger partial charge in [-0.25, -0.2) is 0 Å². The highest BCUT2D eigenvalue weighted by molar-refractivity contribution is 5.58. The van der Waals surface area contributed by atoms with Crippen molar-refractivity contribution in [3.63, 3.8) is 0 Å². The van der Waals surface area contributed by atoms with Crippen LogP contribution in [0.2, 0.25) is 0 Å². The number of nitrogens with zero attached hydrogens (tertiary/aromatic N) is 1. The summed E-state index contributed by atoms with van der Waals surface area (Å²) in [5.41, 5.74) is 0.959. The molecular weight excluding hydrogens is 198 g/mol. The number of ether oxygens (including phenoxy) is 1. The van der Waals surface area contributed by atoms with Gasteiger partial charge in [-0.15, -0.1) is 0 Å². The largest absolute Gasteiger partial charge is 0.493 e. The third-order valence-corrected chi connectivity index (χ3v) is 2.26. The second-order valence-electron chi connectivity index (χ2n) is 3.56. The summed E-state index contributed by atoms with van der Waals surface area (Å²) in [6, 6.07) is 9.75. The Morgan fingerprint density at radius 1 is 1.31 bits per heavy atom. The first-order valence-electron chi connectivity index (χ1n) is 5.66. The number of nitriles is 1. The maximum atomic E-state index is 8.49. The molecule has 0 saturated carbocycles. The Kier molecular flexibility index (Phi) is 5.80. The van der Waals surface area contributed by atoms with Crippen LogP contribution in [0.1, 0.15) is 31.7 Å². The van der Waals surface area contributed by atoms with Gasteiger partial charge in [0.2, 0.25) is 0 Å². The van der Waals surface area contributed by atoms with Gasteiger partial charge in [0.25, 0.3) is 0 Å². The summed E-state index contributed by atoms with van der Waals surface area (Å²) >= 11 is 0. The van der Waals surface area contributed by atoms with E-state index in [1.54, 1.807) is 6.08 Å². The van der Waals surface area contributed by atoms with E-state index in [4.69, 9.17) is 10.00 Å². The maximum absolute atomic E-state index is 8.49. The zero-order valence-electron chi connectivity index (χ0n) is 9.65. The highest BCUT2D eigenvalue weighted by Gasteiger charge is 1.98. The maximum Gasteiger partial charge on any atom is 0.126 e. The van der Waals surface area contributed by atoms with Gasteiger partial charge in [0.1, 0.15) is 5.75 Å². The molecule has 0 saturated heterocycles. The molecule has 0 aliphatic rings. The smallest absolute Gasteiger partial charge is 0.126 e. The molecule has 0 fully saturated rings. The van der Waals surface area contributed by atoms with Crippen LogP contribution in [0.25, 0.3) is 6.08 Å². The van der Waals surface area contributed by atoms with E-state index in [2.05, 4.69) is 6.92 Å². The topological polar surface area (TPSA) is 33.0 Å². The Morgan fingerprint density at radius 2 is 2.12 bits per heavy atom. The van der Waals surface area contributed by atoms with Crippen LogP contribution in [0.5, 0.6) is 5.75 Å². The van der Waals surface area contributed by atoms with E-state index in [1.807, 2.05) is 30.3 Å². The molecule has 0 bridgehead atoms. The quantitative estimate of drug-likeness (QED) is 0.534. The van der Waals surface area contributed by atoms with Gasteiger partial charge in [0.15, 0.2) is 0 Å². The minimum absolute atomic E-state index is 0.741. The first kappa shape index (κ1) is 12.3. The Bertz CT molecular complexity index is 377. The van der Waals surface area contributed by atoms with Crippen LogP contribution in [-0.2, 0) is 0 Å². The molecule has 0 aliphatic carbocycles. The minimum atomic E-state index is 0.741. The van der Waals surface area contributed by atoms with E-state index in [0.29, 0.717) is 0 Å². The second-order valence-corrected chi connectivity index (χ2v) is 3.56. The van der Waals surface area contributed by atoms with Crippen molar-refractivity contribution in [3.8, 4) is 11.8 Å². The average Bonchev–Trinajstić information content (AvgIpc) is 2.33. The first-order chi connectivity index (χ1) is 7.88. The predicted molar refractivity (Wildman–Crippen MR) is 66.1 cm³/mol. The summed E-state index contributed by atoms with van der Waals surface area (Å²) < 4.78 is 5.68. The van der Waals surface area contributed by atoms with Crippen LogP contribution in [0.15, 0.2) is 30.3 Å². The van der Waals surface area contributed by atoms with E-state index in [9.17, 15) is 0 Å². The van der Waals surface area contributed by atoms with Gasteiger partial charge in [-0.1, -0.05) is 38.0 Å². The molecule has 0 heterocycles. The fraction of sp³-hybridized carbons (Fsp3) is 0.357. The summed E-state index contributed by atoms with van der Waals surface area (Å²) in [5, 5.41) is 8.49. The van der Waals surface area contributed by atoms with Gasteiger partial charge < -0.3 is 4.74 Å². The molecule has 0 aliphatic heterocycles. The molecule has 2 nitrogen and oxygen atoms in total. The Morgan fingerprint density at radius 3 is 2.88 bits per heavy atom. The fourth-order valence-electron chi connectivity index (χ4n) is 1.41. The number of hydrogen-bond acceptors (Lipinski definition) is 2. The molecule has 1 rings (SSSR count). The number of para-hydroxylation sites is 1. The zero-order chi connectivity index (χ0) is 11.6. The molecule has 0 aromatic heterocycles. The standard InChI is InChI=1S/C14H17NO/c1-2-3-6-12-16-14-10-5-4-8-13(14)9-7-11-15/h4-5,7-10H,2-3,6,12H2,1H3/b9-7+. The lowest BCUT2D eigenvalue weighted by molar-refractivity contribution is 0.305. The molecule has 16 heavy (non-hydrogen) atoms. The van der Waals surface area contributed by atoms with Crippen molar-refractivity contribution in [2.75, 3.05) is 6.61 Å². The first-order valence-corrected chi connectivity index (χ1v) is 5.66. The molecule has 0 radical (unpaired) electrons. The van der Waals surface area contributed by atoms with Crippen molar-refractivity contribution < 1.29 is 4.74 Å². The van der Waals surface area contributed by atoms with Crippen LogP contribution in [0.4, 0.5) is 0 Å². The number of rotatable bonds is 6. The lowest BCUT2D eigenvalue weighted by Gasteiger charge is -2.08. The molecule has 1 aromatic carbocycles. The Labute approximate surface area is 97.2 Å². The SMILES string of the molecule is CCCCCOc1ccccc1/C=C/C#N. The number of benzene rings is 1. The van der Waals surface area contributed by atoms with Crippen LogP contribution < -0.4 is 4.74 Å². The minimum Gasteiger partial charge on any atom is -0.493 e. The molecule has 2 heteroatoms. The van der Waals surface area contributed by atoms with E-state index >= 15 is 0 Å². The van der Waals surface area contributed by atoms with Gasteiger partial charge in [-0.2, -0.15) is 5.26 Å². The Hall–Kier alpha value is -1.75. The lowest BCUT2D eigenvalue weighted by atomic mass is 10.2. The van der Waals surface area contributed by atoms with E-state index in [0.717, 1.165) is 24.3 Å². The molecule has 0 amide bonds. The van der Waals surface area contributed by atoms with Crippen molar-refractivity contribution in [1.29, 1.82) is 5.26 Å². The molecular formula is C14H17NO. The highest BCUT2D eigenvalue weighted by Crippen LogP contribution is 2.19. The summed E-state index contributed by atoms with van der Waals surface area (Å²) in [6.45, 7) is 2.91. The van der Waals surface area contributed by atoms with Gasteiger partial charge in [0, 0.05) is 11.6 Å². The van der Waals surface area contributed by atoms with E-state index in [-0.39, 0.29) is 0 Å². The number of unbranched alkanes of at least 4 members (excludes halogenated alkanes) is 2. The molecule has 84 valence electrons. The van der Waals surface area contributed by atoms with Crippen molar-refractivity contribution in [2.45, 2.75) is 26.2 Å². The highest BCUT2D eigenvalue weighted by atomic mass is 16.5. The Balaban J connectivity index is 2.57.